The number of ether oxygens (including phenoxy) is 1. The number of carbonyl (C=O) groups is 1. The van der Waals surface area contributed by atoms with Crippen molar-refractivity contribution in [3.8, 4) is 0 Å². The van der Waals surface area contributed by atoms with Gasteiger partial charge in [0.15, 0.2) is 0 Å². The molecule has 2 N–H and O–H groups in total. The van der Waals surface area contributed by atoms with Gasteiger partial charge < -0.3 is 20.3 Å². The molecule has 0 atom stereocenters. The van der Waals surface area contributed by atoms with Gasteiger partial charge in [0, 0.05) is 50.4 Å². The molecule has 0 spiro atoms. The second kappa shape index (κ2) is 9.36. The number of aromatic nitrogens is 2. The van der Waals surface area contributed by atoms with Crippen LogP contribution in [0.4, 0.5) is 23.1 Å². The fourth-order valence-electron chi connectivity index (χ4n) is 3.98. The van der Waals surface area contributed by atoms with Crippen LogP contribution in [0.1, 0.15) is 24.1 Å². The molecule has 32 heavy (non-hydrogen) atoms. The molecule has 7 heteroatoms. The Bertz CT molecular complexity index is 1060. The van der Waals surface area contributed by atoms with Crippen molar-refractivity contribution in [3.05, 3.63) is 71.9 Å². The van der Waals surface area contributed by atoms with Crippen LogP contribution in [0.3, 0.4) is 0 Å². The van der Waals surface area contributed by atoms with Crippen molar-refractivity contribution < 1.29 is 9.53 Å². The van der Waals surface area contributed by atoms with Crippen molar-refractivity contribution in [1.29, 1.82) is 0 Å². The highest BCUT2D eigenvalue weighted by molar-refractivity contribution is 5.99. The Labute approximate surface area is 188 Å². The molecule has 0 bridgehead atoms. The number of rotatable bonds is 6. The molecule has 3 aromatic rings. The zero-order valence-corrected chi connectivity index (χ0v) is 18.8. The van der Waals surface area contributed by atoms with Gasteiger partial charge in [0.2, 0.25) is 11.9 Å². The van der Waals surface area contributed by atoms with E-state index >= 15 is 0 Å². The van der Waals surface area contributed by atoms with Crippen LogP contribution in [-0.2, 0) is 14.9 Å². The molecule has 2 aromatic carbocycles. The number of hydrogen-bond acceptors (Lipinski definition) is 6. The average Bonchev–Trinajstić information content (AvgIpc) is 2.81. The van der Waals surface area contributed by atoms with E-state index in [1.807, 2.05) is 86.6 Å². The number of carbonyl (C=O) groups excluding carboxylic acids is 1. The number of nitrogens with zero attached hydrogens (tertiary/aromatic N) is 3. The number of nitrogens with one attached hydrogen (secondary N) is 2. The monoisotopic (exact) mass is 431 g/mol. The maximum Gasteiger partial charge on any atom is 0.235 e. The number of amides is 1. The van der Waals surface area contributed by atoms with E-state index in [1.54, 1.807) is 0 Å². The van der Waals surface area contributed by atoms with E-state index in [0.717, 1.165) is 28.5 Å². The van der Waals surface area contributed by atoms with Crippen molar-refractivity contribution in [3.63, 3.8) is 0 Å². The zero-order valence-electron chi connectivity index (χ0n) is 18.8. The van der Waals surface area contributed by atoms with Gasteiger partial charge in [0.05, 0.1) is 5.41 Å². The Morgan fingerprint density at radius 3 is 2.28 bits per heavy atom. The van der Waals surface area contributed by atoms with Crippen molar-refractivity contribution in [2.24, 2.45) is 0 Å². The Morgan fingerprint density at radius 1 is 0.969 bits per heavy atom. The second-order valence-electron chi connectivity index (χ2n) is 8.30. The van der Waals surface area contributed by atoms with Gasteiger partial charge in [-0.2, -0.15) is 4.98 Å². The smallest absolute Gasteiger partial charge is 0.235 e. The summed E-state index contributed by atoms with van der Waals surface area (Å²) in [4.78, 5) is 24.3. The molecule has 4 rings (SSSR count). The topological polar surface area (TPSA) is 79.4 Å². The first kappa shape index (κ1) is 21.8. The fourth-order valence-corrected chi connectivity index (χ4v) is 3.98. The highest BCUT2D eigenvalue weighted by atomic mass is 16.5. The van der Waals surface area contributed by atoms with Crippen molar-refractivity contribution in [1.82, 2.24) is 9.97 Å². The molecular weight excluding hydrogens is 402 g/mol. The molecule has 2 heterocycles. The molecule has 166 valence electrons. The van der Waals surface area contributed by atoms with Crippen LogP contribution in [-0.4, -0.2) is 43.2 Å². The molecule has 0 saturated carbocycles. The molecular formula is C25H29N5O2. The summed E-state index contributed by atoms with van der Waals surface area (Å²) >= 11 is 0. The summed E-state index contributed by atoms with van der Waals surface area (Å²) in [5, 5.41) is 6.35. The van der Waals surface area contributed by atoms with Gasteiger partial charge in [-0.25, -0.2) is 4.98 Å². The van der Waals surface area contributed by atoms with Gasteiger partial charge in [-0.3, -0.25) is 4.79 Å². The SMILES string of the molecule is Cc1cc(N(C)C)nc(Nc2ccc(NC(=O)C3(c4ccccc4)CCOCC3)cc2)n1. The van der Waals surface area contributed by atoms with Gasteiger partial charge in [-0.05, 0) is 49.6 Å². The van der Waals surface area contributed by atoms with Crippen molar-refractivity contribution in [2.75, 3.05) is 42.8 Å². The standard InChI is InChI=1S/C25H29N5O2/c1-18-17-22(30(2)3)29-24(26-18)28-21-11-9-20(10-12-21)27-23(31)25(13-15-32-16-14-25)19-7-5-4-6-8-19/h4-12,17H,13-16H2,1-3H3,(H,27,31)(H,26,28,29). The first-order valence-electron chi connectivity index (χ1n) is 10.8. The third kappa shape index (κ3) is 4.73. The summed E-state index contributed by atoms with van der Waals surface area (Å²) in [6.07, 6.45) is 1.34. The highest BCUT2D eigenvalue weighted by Gasteiger charge is 2.41. The molecule has 7 nitrogen and oxygen atoms in total. The Kier molecular flexibility index (Phi) is 6.37. The van der Waals surface area contributed by atoms with E-state index in [0.29, 0.717) is 32.0 Å². The van der Waals surface area contributed by atoms with Gasteiger partial charge in [-0.1, -0.05) is 30.3 Å². The number of benzene rings is 2. The zero-order chi connectivity index (χ0) is 22.6. The first-order valence-corrected chi connectivity index (χ1v) is 10.8. The number of anilines is 4. The van der Waals surface area contributed by atoms with Gasteiger partial charge in [0.25, 0.3) is 0 Å². The third-order valence-electron chi connectivity index (χ3n) is 5.81. The van der Waals surface area contributed by atoms with E-state index in [2.05, 4.69) is 20.6 Å². The minimum Gasteiger partial charge on any atom is -0.381 e. The quantitative estimate of drug-likeness (QED) is 0.606. The maximum atomic E-state index is 13.4. The fraction of sp³-hybridized carbons (Fsp3) is 0.320. The third-order valence-corrected chi connectivity index (χ3v) is 5.81. The summed E-state index contributed by atoms with van der Waals surface area (Å²) in [6, 6.07) is 19.5. The lowest BCUT2D eigenvalue weighted by atomic mass is 9.73. The van der Waals surface area contributed by atoms with E-state index in [9.17, 15) is 4.79 Å². The van der Waals surface area contributed by atoms with E-state index < -0.39 is 5.41 Å². The molecule has 0 radical (unpaired) electrons. The minimum atomic E-state index is -0.575. The van der Waals surface area contributed by atoms with Gasteiger partial charge in [-0.15, -0.1) is 0 Å². The Hall–Kier alpha value is -3.45. The van der Waals surface area contributed by atoms with Crippen LogP contribution in [0.15, 0.2) is 60.7 Å². The molecule has 1 saturated heterocycles. The lowest BCUT2D eigenvalue weighted by molar-refractivity contribution is -0.125. The van der Waals surface area contributed by atoms with E-state index in [-0.39, 0.29) is 5.91 Å². The molecule has 0 unspecified atom stereocenters. The van der Waals surface area contributed by atoms with Gasteiger partial charge in [0.1, 0.15) is 5.82 Å². The van der Waals surface area contributed by atoms with E-state index in [1.165, 1.54) is 0 Å². The van der Waals surface area contributed by atoms with Crippen molar-refractivity contribution in [2.45, 2.75) is 25.2 Å². The normalized spacial score (nSPS) is 15.1. The van der Waals surface area contributed by atoms with Crippen LogP contribution in [0.2, 0.25) is 0 Å². The minimum absolute atomic E-state index is 0.00496. The van der Waals surface area contributed by atoms with Crippen molar-refractivity contribution >= 4 is 29.0 Å². The molecule has 1 fully saturated rings. The van der Waals surface area contributed by atoms with Gasteiger partial charge >= 0.3 is 0 Å². The van der Waals surface area contributed by atoms with Crippen LogP contribution >= 0.6 is 0 Å². The largest absolute Gasteiger partial charge is 0.381 e. The average molecular weight is 432 g/mol. The highest BCUT2D eigenvalue weighted by Crippen LogP contribution is 2.36. The summed E-state index contributed by atoms with van der Waals surface area (Å²) in [5.74, 6) is 1.38. The summed E-state index contributed by atoms with van der Waals surface area (Å²) < 4.78 is 5.55. The Morgan fingerprint density at radius 2 is 1.62 bits per heavy atom. The lowest BCUT2D eigenvalue weighted by Crippen LogP contribution is -2.44. The molecule has 0 aliphatic carbocycles. The lowest BCUT2D eigenvalue weighted by Gasteiger charge is -2.36. The molecule has 1 amide bonds. The van der Waals surface area contributed by atoms with Crippen LogP contribution < -0.4 is 15.5 Å². The maximum absolute atomic E-state index is 13.4. The van der Waals surface area contributed by atoms with Crippen LogP contribution in [0.5, 0.6) is 0 Å². The number of aryl methyl sites for hydroxylation is 1. The second-order valence-corrected chi connectivity index (χ2v) is 8.30. The summed E-state index contributed by atoms with van der Waals surface area (Å²) in [6.45, 7) is 3.10. The summed E-state index contributed by atoms with van der Waals surface area (Å²) in [5.41, 5.74) is 2.95. The molecule has 1 aliphatic heterocycles. The predicted molar refractivity (Wildman–Crippen MR) is 128 cm³/mol. The van der Waals surface area contributed by atoms with Crippen LogP contribution in [0, 0.1) is 6.92 Å². The molecule has 1 aliphatic rings. The molecule has 1 aromatic heterocycles. The van der Waals surface area contributed by atoms with E-state index in [4.69, 9.17) is 4.74 Å². The van der Waals surface area contributed by atoms with Crippen LogP contribution in [0.25, 0.3) is 0 Å². The predicted octanol–water partition coefficient (Wildman–Crippen LogP) is 4.28. The first-order chi connectivity index (χ1) is 15.5. The Balaban J connectivity index is 1.49. The summed E-state index contributed by atoms with van der Waals surface area (Å²) in [7, 11) is 3.90. The number of hydrogen-bond donors (Lipinski definition) is 2.